The summed E-state index contributed by atoms with van der Waals surface area (Å²) in [6, 6.07) is 5.13. The standard InChI is InChI=1S/C19H25N5O4/c1-10(25)15(11-6-13(27-2)8-14(7-11)28-3)17-16(19(21)26)18(20)24(23-17)12-4-5-22-9-12/h6-8,12,15,22H,4-5,9,20H2,1-3H3,(H2,21,26)/t12-,15-/m0/s1. The van der Waals surface area contributed by atoms with Gasteiger partial charge in [-0.1, -0.05) is 0 Å². The van der Waals surface area contributed by atoms with Crippen LogP contribution >= 0.6 is 0 Å². The molecule has 1 amide bonds. The number of anilines is 1. The molecule has 0 spiro atoms. The molecule has 0 bridgehead atoms. The molecule has 1 aromatic carbocycles. The molecule has 9 heteroatoms. The van der Waals surface area contributed by atoms with Crippen LogP contribution in [0.4, 0.5) is 5.82 Å². The fraction of sp³-hybridized carbons (Fsp3) is 0.421. The summed E-state index contributed by atoms with van der Waals surface area (Å²) in [5.74, 6) is -0.526. The maximum absolute atomic E-state index is 12.6. The Morgan fingerprint density at radius 3 is 2.36 bits per heavy atom. The van der Waals surface area contributed by atoms with E-state index >= 15 is 0 Å². The van der Waals surface area contributed by atoms with Crippen molar-refractivity contribution in [3.63, 3.8) is 0 Å². The fourth-order valence-corrected chi connectivity index (χ4v) is 3.63. The first-order chi connectivity index (χ1) is 13.4. The normalized spacial score (nSPS) is 17.3. The highest BCUT2D eigenvalue weighted by atomic mass is 16.5. The molecule has 1 aliphatic rings. The van der Waals surface area contributed by atoms with Gasteiger partial charge < -0.3 is 26.3 Å². The Hall–Kier alpha value is -3.07. The van der Waals surface area contributed by atoms with E-state index < -0.39 is 11.8 Å². The summed E-state index contributed by atoms with van der Waals surface area (Å²) >= 11 is 0. The molecule has 0 saturated carbocycles. The van der Waals surface area contributed by atoms with E-state index in [1.54, 1.807) is 22.9 Å². The summed E-state index contributed by atoms with van der Waals surface area (Å²) in [4.78, 5) is 24.8. The minimum atomic E-state index is -0.829. The molecule has 1 fully saturated rings. The number of nitrogens with two attached hydrogens (primary N) is 2. The lowest BCUT2D eigenvalue weighted by Crippen LogP contribution is -2.19. The second-order valence-electron chi connectivity index (χ2n) is 6.79. The zero-order chi connectivity index (χ0) is 20.4. The highest BCUT2D eigenvalue weighted by Crippen LogP contribution is 2.36. The zero-order valence-corrected chi connectivity index (χ0v) is 16.2. The van der Waals surface area contributed by atoms with Gasteiger partial charge in [0.15, 0.2) is 0 Å². The van der Waals surface area contributed by atoms with Crippen molar-refractivity contribution in [2.24, 2.45) is 5.73 Å². The van der Waals surface area contributed by atoms with Gasteiger partial charge >= 0.3 is 0 Å². The lowest BCUT2D eigenvalue weighted by Gasteiger charge is -2.16. The van der Waals surface area contributed by atoms with Gasteiger partial charge in [0.05, 0.1) is 31.9 Å². The maximum Gasteiger partial charge on any atom is 0.254 e. The summed E-state index contributed by atoms with van der Waals surface area (Å²) in [6.07, 6.45) is 0.821. The number of carbonyl (C=O) groups excluding carboxylic acids is 2. The highest BCUT2D eigenvalue weighted by Gasteiger charge is 2.33. The number of primary amides is 1. The molecule has 2 heterocycles. The number of nitrogen functional groups attached to an aromatic ring is 1. The van der Waals surface area contributed by atoms with E-state index in [0.717, 1.165) is 13.0 Å². The number of methoxy groups -OCH3 is 2. The predicted octanol–water partition coefficient (Wildman–Crippen LogP) is 0.837. The average molecular weight is 387 g/mol. The third-order valence-corrected chi connectivity index (χ3v) is 4.99. The Morgan fingerprint density at radius 2 is 1.89 bits per heavy atom. The molecule has 0 unspecified atom stereocenters. The molecule has 9 nitrogen and oxygen atoms in total. The van der Waals surface area contributed by atoms with Gasteiger partial charge in [0, 0.05) is 12.6 Å². The molecule has 3 rings (SSSR count). The summed E-state index contributed by atoms with van der Waals surface area (Å²) in [5, 5.41) is 7.81. The molecule has 2 atom stereocenters. The first kappa shape index (κ1) is 19.7. The molecule has 150 valence electrons. The Bertz CT molecular complexity index is 880. The molecule has 0 aliphatic carbocycles. The molecule has 1 saturated heterocycles. The number of nitrogens with zero attached hydrogens (tertiary/aromatic N) is 2. The van der Waals surface area contributed by atoms with Crippen LogP contribution in [0.1, 0.15) is 46.9 Å². The topological polar surface area (TPSA) is 134 Å². The van der Waals surface area contributed by atoms with Crippen LogP contribution < -0.4 is 26.3 Å². The third kappa shape index (κ3) is 3.53. The number of nitrogens with one attached hydrogen (secondary N) is 1. The van der Waals surface area contributed by atoms with Crippen molar-refractivity contribution in [2.45, 2.75) is 25.3 Å². The zero-order valence-electron chi connectivity index (χ0n) is 16.2. The summed E-state index contributed by atoms with van der Waals surface area (Å²) in [7, 11) is 3.05. The lowest BCUT2D eigenvalue weighted by molar-refractivity contribution is -0.117. The quantitative estimate of drug-likeness (QED) is 0.640. The summed E-state index contributed by atoms with van der Waals surface area (Å²) in [5.41, 5.74) is 12.7. The lowest BCUT2D eigenvalue weighted by atomic mass is 9.89. The molecule has 5 N–H and O–H groups in total. The van der Waals surface area contributed by atoms with Crippen molar-refractivity contribution in [3.05, 3.63) is 35.0 Å². The van der Waals surface area contributed by atoms with Crippen LogP contribution in [0.5, 0.6) is 11.5 Å². The number of ketones is 1. The molecular formula is C19H25N5O4. The summed E-state index contributed by atoms with van der Waals surface area (Å²) in [6.45, 7) is 2.95. The van der Waals surface area contributed by atoms with Crippen LogP contribution in [0.3, 0.4) is 0 Å². The van der Waals surface area contributed by atoms with E-state index in [0.29, 0.717) is 23.6 Å². The number of rotatable bonds is 7. The minimum Gasteiger partial charge on any atom is -0.497 e. The molecule has 1 aromatic heterocycles. The molecule has 2 aromatic rings. The van der Waals surface area contributed by atoms with E-state index in [2.05, 4.69) is 10.4 Å². The van der Waals surface area contributed by atoms with Crippen molar-refractivity contribution in [2.75, 3.05) is 33.0 Å². The Morgan fingerprint density at radius 1 is 1.25 bits per heavy atom. The Labute approximate surface area is 163 Å². The highest BCUT2D eigenvalue weighted by molar-refractivity contribution is 6.01. The predicted molar refractivity (Wildman–Crippen MR) is 104 cm³/mol. The van der Waals surface area contributed by atoms with Crippen LogP contribution in [0.25, 0.3) is 0 Å². The maximum atomic E-state index is 12.6. The minimum absolute atomic E-state index is 0.000645. The molecule has 1 aliphatic heterocycles. The van der Waals surface area contributed by atoms with Gasteiger partial charge in [0.1, 0.15) is 28.7 Å². The Balaban J connectivity index is 2.19. The number of Topliss-reactive ketones (excluding diaryl/α,β-unsaturated/α-hetero) is 1. The van der Waals surface area contributed by atoms with Crippen LogP contribution in [-0.2, 0) is 4.79 Å². The second-order valence-corrected chi connectivity index (χ2v) is 6.79. The third-order valence-electron chi connectivity index (χ3n) is 4.99. The van der Waals surface area contributed by atoms with Gasteiger partial charge in [-0.25, -0.2) is 4.68 Å². The van der Waals surface area contributed by atoms with E-state index in [1.165, 1.54) is 21.1 Å². The monoisotopic (exact) mass is 387 g/mol. The van der Waals surface area contributed by atoms with Gasteiger partial charge in [-0.15, -0.1) is 0 Å². The fourth-order valence-electron chi connectivity index (χ4n) is 3.63. The average Bonchev–Trinajstić information content (AvgIpc) is 3.29. The van der Waals surface area contributed by atoms with E-state index in [9.17, 15) is 9.59 Å². The smallest absolute Gasteiger partial charge is 0.254 e. The first-order valence-electron chi connectivity index (χ1n) is 8.99. The van der Waals surface area contributed by atoms with Crippen LogP contribution in [-0.4, -0.2) is 48.8 Å². The SMILES string of the molecule is COc1cc(OC)cc([C@H](C(C)=O)c2nn([C@H]3CCNC3)c(N)c2C(N)=O)c1. The van der Waals surface area contributed by atoms with E-state index in [4.69, 9.17) is 20.9 Å². The van der Waals surface area contributed by atoms with E-state index in [-0.39, 0.29) is 28.9 Å². The Kier molecular flexibility index (Phi) is 5.55. The number of benzene rings is 1. The number of hydrogen-bond acceptors (Lipinski definition) is 7. The van der Waals surface area contributed by atoms with Gasteiger partial charge in [0.2, 0.25) is 0 Å². The summed E-state index contributed by atoms with van der Waals surface area (Å²) < 4.78 is 12.2. The van der Waals surface area contributed by atoms with Crippen molar-refractivity contribution >= 4 is 17.5 Å². The molecule has 28 heavy (non-hydrogen) atoms. The van der Waals surface area contributed by atoms with E-state index in [1.807, 2.05) is 0 Å². The van der Waals surface area contributed by atoms with Crippen molar-refractivity contribution < 1.29 is 19.1 Å². The van der Waals surface area contributed by atoms with Crippen molar-refractivity contribution in [1.29, 1.82) is 0 Å². The number of hydrogen-bond donors (Lipinski definition) is 3. The molecular weight excluding hydrogens is 362 g/mol. The largest absolute Gasteiger partial charge is 0.497 e. The number of ether oxygens (including phenoxy) is 2. The number of carbonyl (C=O) groups is 2. The van der Waals surface area contributed by atoms with Crippen molar-refractivity contribution in [3.8, 4) is 11.5 Å². The van der Waals surface area contributed by atoms with Gasteiger partial charge in [-0.2, -0.15) is 5.10 Å². The van der Waals surface area contributed by atoms with Gasteiger partial charge in [-0.05, 0) is 37.6 Å². The van der Waals surface area contributed by atoms with Crippen LogP contribution in [0.2, 0.25) is 0 Å². The number of aromatic nitrogens is 2. The van der Waals surface area contributed by atoms with Crippen LogP contribution in [0, 0.1) is 0 Å². The number of amides is 1. The first-order valence-corrected chi connectivity index (χ1v) is 8.99. The molecule has 0 radical (unpaired) electrons. The van der Waals surface area contributed by atoms with Crippen LogP contribution in [0.15, 0.2) is 18.2 Å². The van der Waals surface area contributed by atoms with Gasteiger partial charge in [0.25, 0.3) is 5.91 Å². The van der Waals surface area contributed by atoms with Crippen molar-refractivity contribution in [1.82, 2.24) is 15.1 Å². The van der Waals surface area contributed by atoms with Gasteiger partial charge in [-0.3, -0.25) is 9.59 Å². The second kappa shape index (κ2) is 7.89.